The number of nitrogens with zero attached hydrogens (tertiary/aromatic N) is 1. The molecule has 1 heterocycles. The molecule has 1 aliphatic heterocycles. The number of carbonyl (C=O) groups is 2. The Bertz CT molecular complexity index is 844. The highest BCUT2D eigenvalue weighted by molar-refractivity contribution is 6.31. The van der Waals surface area contributed by atoms with Crippen molar-refractivity contribution in [3.05, 3.63) is 64.7 Å². The van der Waals surface area contributed by atoms with Crippen LogP contribution < -0.4 is 10.1 Å². The Labute approximate surface area is 175 Å². The van der Waals surface area contributed by atoms with Crippen LogP contribution in [0.4, 0.5) is 0 Å². The fraction of sp³-hybridized carbons (Fsp3) is 0.364. The second-order valence-corrected chi connectivity index (χ2v) is 7.25. The summed E-state index contributed by atoms with van der Waals surface area (Å²) in [6.45, 7) is 2.06. The van der Waals surface area contributed by atoms with Gasteiger partial charge in [-0.3, -0.25) is 9.59 Å². The molecule has 1 aliphatic rings. The Morgan fingerprint density at radius 3 is 2.79 bits per heavy atom. The quantitative estimate of drug-likeness (QED) is 0.702. The number of benzene rings is 2. The lowest BCUT2D eigenvalue weighted by Crippen LogP contribution is -2.42. The van der Waals surface area contributed by atoms with Crippen molar-refractivity contribution < 1.29 is 19.1 Å². The third-order valence-electron chi connectivity index (χ3n) is 4.85. The molecule has 0 bridgehead atoms. The van der Waals surface area contributed by atoms with Gasteiger partial charge in [0.05, 0.1) is 25.8 Å². The molecule has 154 valence electrons. The van der Waals surface area contributed by atoms with Gasteiger partial charge in [-0.2, -0.15) is 0 Å². The van der Waals surface area contributed by atoms with E-state index in [1.54, 1.807) is 18.2 Å². The average molecular weight is 417 g/mol. The number of ether oxygens (including phenoxy) is 2. The van der Waals surface area contributed by atoms with Gasteiger partial charge in [-0.1, -0.05) is 41.9 Å². The Kier molecular flexibility index (Phi) is 7.49. The number of hydrogen-bond acceptors (Lipinski definition) is 4. The summed E-state index contributed by atoms with van der Waals surface area (Å²) in [6.07, 6.45) is 0.832. The Morgan fingerprint density at radius 2 is 2.03 bits per heavy atom. The second kappa shape index (κ2) is 10.3. The van der Waals surface area contributed by atoms with E-state index in [2.05, 4.69) is 5.32 Å². The third-order valence-corrected chi connectivity index (χ3v) is 5.08. The predicted molar refractivity (Wildman–Crippen MR) is 111 cm³/mol. The minimum atomic E-state index is -0.271. The largest absolute Gasteiger partial charge is 0.496 e. The fourth-order valence-electron chi connectivity index (χ4n) is 3.30. The Balaban J connectivity index is 1.45. The van der Waals surface area contributed by atoms with Gasteiger partial charge < -0.3 is 19.7 Å². The van der Waals surface area contributed by atoms with E-state index >= 15 is 0 Å². The number of carbonyl (C=O) groups excluding carboxylic acids is 2. The van der Waals surface area contributed by atoms with Crippen LogP contribution in [0.25, 0.3) is 0 Å². The summed E-state index contributed by atoms with van der Waals surface area (Å²) in [5.74, 6) is 0.263. The number of morpholine rings is 1. The van der Waals surface area contributed by atoms with Gasteiger partial charge >= 0.3 is 0 Å². The molecule has 1 atom stereocenters. The summed E-state index contributed by atoms with van der Waals surface area (Å²) in [7, 11) is 1.50. The molecule has 1 fully saturated rings. The highest BCUT2D eigenvalue weighted by Gasteiger charge is 2.25. The van der Waals surface area contributed by atoms with E-state index in [4.69, 9.17) is 21.1 Å². The van der Waals surface area contributed by atoms with Crippen LogP contribution in [-0.4, -0.2) is 50.1 Å². The number of amides is 2. The number of halogens is 1. The van der Waals surface area contributed by atoms with Crippen molar-refractivity contribution in [3.63, 3.8) is 0 Å². The van der Waals surface area contributed by atoms with Crippen molar-refractivity contribution in [3.8, 4) is 5.75 Å². The van der Waals surface area contributed by atoms with E-state index in [9.17, 15) is 9.59 Å². The van der Waals surface area contributed by atoms with Crippen molar-refractivity contribution in [2.75, 3.05) is 33.4 Å². The molecule has 2 aromatic carbocycles. The lowest BCUT2D eigenvalue weighted by molar-refractivity contribution is -0.139. The number of hydrogen-bond donors (Lipinski definition) is 1. The van der Waals surface area contributed by atoms with Gasteiger partial charge in [0.1, 0.15) is 11.9 Å². The van der Waals surface area contributed by atoms with Crippen molar-refractivity contribution in [1.82, 2.24) is 10.2 Å². The standard InChI is InChI=1S/C22H25ClN2O4/c1-28-19-10-9-17(23)14-18(19)22(27)24-11-5-8-21(26)25-12-13-29-20(15-25)16-6-3-2-4-7-16/h2-4,6-7,9-10,14,20H,5,8,11-13,15H2,1H3,(H,24,27). The number of rotatable bonds is 7. The summed E-state index contributed by atoms with van der Waals surface area (Å²) in [6, 6.07) is 14.8. The van der Waals surface area contributed by atoms with E-state index in [1.165, 1.54) is 7.11 Å². The topological polar surface area (TPSA) is 67.9 Å². The molecule has 3 rings (SSSR count). The maximum Gasteiger partial charge on any atom is 0.255 e. The predicted octanol–water partition coefficient (Wildman–Crippen LogP) is 3.46. The van der Waals surface area contributed by atoms with Crippen LogP contribution in [0.3, 0.4) is 0 Å². The average Bonchev–Trinajstić information content (AvgIpc) is 2.77. The molecule has 0 saturated carbocycles. The van der Waals surface area contributed by atoms with E-state index in [-0.39, 0.29) is 17.9 Å². The zero-order valence-corrected chi connectivity index (χ0v) is 17.2. The molecular formula is C22H25ClN2O4. The summed E-state index contributed by atoms with van der Waals surface area (Å²) in [5, 5.41) is 3.29. The number of methoxy groups -OCH3 is 1. The third kappa shape index (κ3) is 5.71. The molecular weight excluding hydrogens is 392 g/mol. The summed E-state index contributed by atoms with van der Waals surface area (Å²) < 4.78 is 11.0. The SMILES string of the molecule is COc1ccc(Cl)cc1C(=O)NCCCC(=O)N1CCOC(c2ccccc2)C1. The first-order valence-electron chi connectivity index (χ1n) is 9.64. The van der Waals surface area contributed by atoms with E-state index in [0.29, 0.717) is 55.4 Å². The summed E-state index contributed by atoms with van der Waals surface area (Å²) in [5.41, 5.74) is 1.46. The summed E-state index contributed by atoms with van der Waals surface area (Å²) >= 11 is 5.97. The zero-order chi connectivity index (χ0) is 20.6. The molecule has 2 amide bonds. The van der Waals surface area contributed by atoms with Crippen LogP contribution in [0.1, 0.15) is 34.9 Å². The fourth-order valence-corrected chi connectivity index (χ4v) is 3.47. The van der Waals surface area contributed by atoms with Crippen LogP contribution in [-0.2, 0) is 9.53 Å². The minimum Gasteiger partial charge on any atom is -0.496 e. The molecule has 6 nitrogen and oxygen atoms in total. The van der Waals surface area contributed by atoms with Crippen LogP contribution in [0, 0.1) is 0 Å². The van der Waals surface area contributed by atoms with Gasteiger partial charge in [0.25, 0.3) is 5.91 Å². The monoisotopic (exact) mass is 416 g/mol. The normalized spacial score (nSPS) is 16.3. The van der Waals surface area contributed by atoms with Gasteiger partial charge in [0.15, 0.2) is 0 Å². The summed E-state index contributed by atoms with van der Waals surface area (Å²) in [4.78, 5) is 26.8. The highest BCUT2D eigenvalue weighted by Crippen LogP contribution is 2.23. The zero-order valence-electron chi connectivity index (χ0n) is 16.4. The lowest BCUT2D eigenvalue weighted by Gasteiger charge is -2.33. The number of nitrogens with one attached hydrogen (secondary N) is 1. The minimum absolute atomic E-state index is 0.0730. The Hall–Kier alpha value is -2.57. The van der Waals surface area contributed by atoms with Crippen molar-refractivity contribution >= 4 is 23.4 Å². The van der Waals surface area contributed by atoms with Crippen molar-refractivity contribution in [2.45, 2.75) is 18.9 Å². The first kappa shape index (κ1) is 21.1. The molecule has 1 saturated heterocycles. The Morgan fingerprint density at radius 1 is 1.24 bits per heavy atom. The van der Waals surface area contributed by atoms with Gasteiger partial charge in [-0.25, -0.2) is 0 Å². The first-order chi connectivity index (χ1) is 14.1. The molecule has 0 spiro atoms. The molecule has 1 N–H and O–H groups in total. The van der Waals surface area contributed by atoms with Crippen molar-refractivity contribution in [1.29, 1.82) is 0 Å². The van der Waals surface area contributed by atoms with E-state index in [0.717, 1.165) is 5.56 Å². The van der Waals surface area contributed by atoms with Gasteiger partial charge in [0.2, 0.25) is 5.91 Å². The van der Waals surface area contributed by atoms with Crippen LogP contribution in [0.15, 0.2) is 48.5 Å². The van der Waals surface area contributed by atoms with Gasteiger partial charge in [-0.15, -0.1) is 0 Å². The molecule has 1 unspecified atom stereocenters. The molecule has 29 heavy (non-hydrogen) atoms. The van der Waals surface area contributed by atoms with E-state index in [1.807, 2.05) is 35.2 Å². The van der Waals surface area contributed by atoms with Crippen LogP contribution >= 0.6 is 11.6 Å². The van der Waals surface area contributed by atoms with Crippen molar-refractivity contribution in [2.24, 2.45) is 0 Å². The molecule has 0 aliphatic carbocycles. The first-order valence-corrected chi connectivity index (χ1v) is 10.0. The van der Waals surface area contributed by atoms with Gasteiger partial charge in [0, 0.05) is 24.5 Å². The smallest absolute Gasteiger partial charge is 0.255 e. The molecule has 7 heteroatoms. The maximum absolute atomic E-state index is 12.6. The van der Waals surface area contributed by atoms with Crippen LogP contribution in [0.5, 0.6) is 5.75 Å². The van der Waals surface area contributed by atoms with E-state index < -0.39 is 0 Å². The molecule has 0 radical (unpaired) electrons. The van der Waals surface area contributed by atoms with Crippen LogP contribution in [0.2, 0.25) is 5.02 Å². The van der Waals surface area contributed by atoms with Gasteiger partial charge in [-0.05, 0) is 30.2 Å². The molecule has 2 aromatic rings. The molecule has 0 aromatic heterocycles. The highest BCUT2D eigenvalue weighted by atomic mass is 35.5. The maximum atomic E-state index is 12.6. The lowest BCUT2D eigenvalue weighted by atomic mass is 10.1. The second-order valence-electron chi connectivity index (χ2n) is 6.81.